The van der Waals surface area contributed by atoms with Gasteiger partial charge < -0.3 is 0 Å². The van der Waals surface area contributed by atoms with Gasteiger partial charge in [0.25, 0.3) is 0 Å². The number of aryl methyl sites for hydroxylation is 2. The van der Waals surface area contributed by atoms with E-state index in [1.807, 2.05) is 22.7 Å². The lowest BCUT2D eigenvalue weighted by atomic mass is 10.0. The first-order chi connectivity index (χ1) is 12.7. The quantitative estimate of drug-likeness (QED) is 0.253. The molecule has 26 heavy (non-hydrogen) atoms. The smallest absolute Gasteiger partial charge is 0.0433 e. The first-order valence-electron chi connectivity index (χ1n) is 8.85. The highest BCUT2D eigenvalue weighted by Crippen LogP contribution is 2.41. The summed E-state index contributed by atoms with van der Waals surface area (Å²) < 4.78 is 4.17. The summed E-state index contributed by atoms with van der Waals surface area (Å²) in [5.41, 5.74) is 1.32. The molecule has 4 aromatic carbocycles. The van der Waals surface area contributed by atoms with Crippen LogP contribution < -0.4 is 0 Å². The third-order valence-electron chi connectivity index (χ3n) is 5.33. The summed E-state index contributed by atoms with van der Waals surface area (Å²) in [4.78, 5) is 1.38. The number of hydrogen-bond acceptors (Lipinski definition) is 2. The van der Waals surface area contributed by atoms with Crippen LogP contribution in [-0.2, 0) is 0 Å². The van der Waals surface area contributed by atoms with Gasteiger partial charge in [0, 0.05) is 29.7 Å². The minimum Gasteiger partial charge on any atom is -0.141 e. The highest BCUT2D eigenvalue weighted by atomic mass is 32.1. The van der Waals surface area contributed by atoms with Gasteiger partial charge in [0.15, 0.2) is 0 Å². The molecule has 2 aromatic heterocycles. The van der Waals surface area contributed by atoms with Crippen LogP contribution in [0.5, 0.6) is 0 Å². The number of fused-ring (bicyclic) bond motifs is 7. The van der Waals surface area contributed by atoms with E-state index in [-0.39, 0.29) is 0 Å². The zero-order valence-electron chi connectivity index (χ0n) is 14.6. The predicted octanol–water partition coefficient (Wildman–Crippen LogP) is 8.19. The Morgan fingerprint density at radius 1 is 0.538 bits per heavy atom. The second kappa shape index (κ2) is 5.06. The highest BCUT2D eigenvalue weighted by Gasteiger charge is 2.11. The minimum absolute atomic E-state index is 1.32. The minimum atomic E-state index is 1.32. The molecule has 0 saturated heterocycles. The maximum absolute atomic E-state index is 2.39. The van der Waals surface area contributed by atoms with Gasteiger partial charge in [0.2, 0.25) is 0 Å². The fourth-order valence-electron chi connectivity index (χ4n) is 4.10. The van der Waals surface area contributed by atoms with Crippen molar-refractivity contribution in [3.8, 4) is 0 Å². The molecule has 0 aliphatic rings. The van der Waals surface area contributed by atoms with Crippen LogP contribution in [0, 0.1) is 13.8 Å². The Morgan fingerprint density at radius 2 is 1.35 bits per heavy atom. The number of rotatable bonds is 0. The molecule has 0 unspecified atom stereocenters. The predicted molar refractivity (Wildman–Crippen MR) is 119 cm³/mol. The molecule has 6 aromatic rings. The van der Waals surface area contributed by atoms with Crippen LogP contribution in [-0.4, -0.2) is 0 Å². The molecule has 2 heterocycles. The molecule has 2 heteroatoms. The van der Waals surface area contributed by atoms with Gasteiger partial charge in [-0.1, -0.05) is 35.9 Å². The van der Waals surface area contributed by atoms with Crippen LogP contribution in [0.2, 0.25) is 0 Å². The number of benzene rings is 4. The van der Waals surface area contributed by atoms with Crippen LogP contribution in [0.1, 0.15) is 10.4 Å². The molecule has 0 aliphatic heterocycles. The molecule has 0 radical (unpaired) electrons. The second-order valence-corrected chi connectivity index (χ2v) is 9.55. The number of thiophene rings is 2. The Balaban J connectivity index is 1.76. The van der Waals surface area contributed by atoms with E-state index in [1.165, 1.54) is 62.2 Å². The van der Waals surface area contributed by atoms with Gasteiger partial charge in [0.1, 0.15) is 0 Å². The van der Waals surface area contributed by atoms with Gasteiger partial charge in [0.05, 0.1) is 0 Å². The average Bonchev–Trinajstić information content (AvgIpc) is 3.15. The van der Waals surface area contributed by atoms with Crippen molar-refractivity contribution in [3.05, 3.63) is 71.1 Å². The van der Waals surface area contributed by atoms with Crippen LogP contribution in [0.3, 0.4) is 0 Å². The molecule has 0 saturated carbocycles. The monoisotopic (exact) mass is 368 g/mol. The summed E-state index contributed by atoms with van der Waals surface area (Å²) in [7, 11) is 0. The highest BCUT2D eigenvalue weighted by molar-refractivity contribution is 7.26. The summed E-state index contributed by atoms with van der Waals surface area (Å²) in [6, 6.07) is 23.1. The van der Waals surface area contributed by atoms with Crippen molar-refractivity contribution in [1.82, 2.24) is 0 Å². The fourth-order valence-corrected chi connectivity index (χ4v) is 6.32. The Hall–Kier alpha value is -2.42. The Morgan fingerprint density at radius 3 is 2.27 bits per heavy atom. The Bertz CT molecular complexity index is 1500. The molecule has 0 nitrogen and oxygen atoms in total. The van der Waals surface area contributed by atoms with E-state index in [4.69, 9.17) is 0 Å². The van der Waals surface area contributed by atoms with E-state index in [2.05, 4.69) is 74.5 Å². The lowest BCUT2D eigenvalue weighted by molar-refractivity contribution is 1.51. The molecule has 0 bridgehead atoms. The molecular weight excluding hydrogens is 352 g/mol. The molecule has 0 N–H and O–H groups in total. The Labute approximate surface area is 159 Å². The van der Waals surface area contributed by atoms with Crippen LogP contribution in [0.4, 0.5) is 0 Å². The number of hydrogen-bond donors (Lipinski definition) is 0. The van der Waals surface area contributed by atoms with Crippen molar-refractivity contribution >= 4 is 74.5 Å². The van der Waals surface area contributed by atoms with Crippen LogP contribution in [0.15, 0.2) is 60.7 Å². The van der Waals surface area contributed by atoms with Gasteiger partial charge in [-0.3, -0.25) is 0 Å². The summed E-state index contributed by atoms with van der Waals surface area (Å²) >= 11 is 3.81. The van der Waals surface area contributed by atoms with Gasteiger partial charge >= 0.3 is 0 Å². The molecule has 6 rings (SSSR count). The fraction of sp³-hybridized carbons (Fsp3) is 0.0833. The standard InChI is InChI=1S/C24H16S2/c1-13-3-5-19-15(7-13)4-6-20-21-10-17-11-22-18(8-14(2)25-22)9-16(17)12-23(21)26-24(19)20/h3-12H,1-2H3. The van der Waals surface area contributed by atoms with Crippen molar-refractivity contribution in [3.63, 3.8) is 0 Å². The first-order valence-corrected chi connectivity index (χ1v) is 10.5. The van der Waals surface area contributed by atoms with Crippen LogP contribution >= 0.6 is 22.7 Å². The summed E-state index contributed by atoms with van der Waals surface area (Å²) in [5, 5.41) is 9.52. The molecule has 0 amide bonds. The van der Waals surface area contributed by atoms with Crippen molar-refractivity contribution in [2.75, 3.05) is 0 Å². The lowest BCUT2D eigenvalue weighted by Crippen LogP contribution is -1.76. The molecule has 0 spiro atoms. The molecule has 0 atom stereocenters. The summed E-state index contributed by atoms with van der Waals surface area (Å²) in [5.74, 6) is 0. The van der Waals surface area contributed by atoms with Crippen molar-refractivity contribution in [2.24, 2.45) is 0 Å². The summed E-state index contributed by atoms with van der Waals surface area (Å²) in [6.45, 7) is 4.35. The average molecular weight is 369 g/mol. The zero-order valence-corrected chi connectivity index (χ0v) is 16.2. The molecular formula is C24H16S2. The maximum atomic E-state index is 2.39. The third-order valence-corrected chi connectivity index (χ3v) is 7.54. The summed E-state index contributed by atoms with van der Waals surface area (Å²) in [6.07, 6.45) is 0. The van der Waals surface area contributed by atoms with E-state index in [0.717, 1.165) is 0 Å². The lowest BCUT2D eigenvalue weighted by Gasteiger charge is -2.02. The van der Waals surface area contributed by atoms with Gasteiger partial charge in [-0.2, -0.15) is 0 Å². The molecule has 124 valence electrons. The Kier molecular flexibility index (Phi) is 2.87. The van der Waals surface area contributed by atoms with Gasteiger partial charge in [-0.05, 0) is 71.1 Å². The van der Waals surface area contributed by atoms with Gasteiger partial charge in [-0.25, -0.2) is 0 Å². The normalized spacial score (nSPS) is 12.2. The van der Waals surface area contributed by atoms with E-state index >= 15 is 0 Å². The van der Waals surface area contributed by atoms with Crippen molar-refractivity contribution < 1.29 is 0 Å². The van der Waals surface area contributed by atoms with E-state index in [9.17, 15) is 0 Å². The van der Waals surface area contributed by atoms with E-state index < -0.39 is 0 Å². The largest absolute Gasteiger partial charge is 0.141 e. The molecule has 0 fully saturated rings. The maximum Gasteiger partial charge on any atom is 0.0433 e. The SMILES string of the molecule is Cc1ccc2c(ccc3c4cc5cc6sc(C)cc6cc5cc4sc23)c1. The van der Waals surface area contributed by atoms with Crippen molar-refractivity contribution in [1.29, 1.82) is 0 Å². The topological polar surface area (TPSA) is 0 Å². The van der Waals surface area contributed by atoms with Gasteiger partial charge in [-0.15, -0.1) is 22.7 Å². The molecule has 0 aliphatic carbocycles. The first kappa shape index (κ1) is 14.7. The van der Waals surface area contributed by atoms with Crippen LogP contribution in [0.25, 0.3) is 51.8 Å². The van der Waals surface area contributed by atoms with E-state index in [1.54, 1.807) is 0 Å². The second-order valence-electron chi connectivity index (χ2n) is 7.21. The van der Waals surface area contributed by atoms with E-state index in [0.29, 0.717) is 0 Å². The zero-order chi connectivity index (χ0) is 17.4. The third kappa shape index (κ3) is 2.00. The van der Waals surface area contributed by atoms with Crippen molar-refractivity contribution in [2.45, 2.75) is 13.8 Å².